The number of hydrogen-bond acceptors (Lipinski definition) is 8. The van der Waals surface area contributed by atoms with E-state index in [4.69, 9.17) is 9.47 Å². The van der Waals surface area contributed by atoms with Crippen LogP contribution < -0.4 is 5.32 Å². The molecule has 0 bridgehead atoms. The largest absolute Gasteiger partial charge is 0.394 e. The van der Waals surface area contributed by atoms with E-state index in [1.54, 1.807) is 11.3 Å². The summed E-state index contributed by atoms with van der Waals surface area (Å²) < 4.78 is 11.2. The standard InChI is InChI=1S/C16H25NO6S/c18-8-12-13(19)14(20)15(21)16(23-12)22-10-4-3-9(6-10)17-7-11-2-1-5-24-11/h1-2,5,9-10,12-21H,3-4,6-8H2/t9-,10+,12+,13+,14-,15+,16+/m0/s1. The molecule has 3 rings (SSSR count). The van der Waals surface area contributed by atoms with Crippen molar-refractivity contribution in [2.45, 2.75) is 68.7 Å². The average Bonchev–Trinajstić information content (AvgIpc) is 3.25. The molecule has 2 fully saturated rings. The summed E-state index contributed by atoms with van der Waals surface area (Å²) >= 11 is 1.72. The molecule has 2 aliphatic rings. The fraction of sp³-hybridized carbons (Fsp3) is 0.750. The molecule has 1 saturated heterocycles. The Balaban J connectivity index is 1.47. The van der Waals surface area contributed by atoms with E-state index in [0.717, 1.165) is 25.8 Å². The highest BCUT2D eigenvalue weighted by Crippen LogP contribution is 2.28. The Kier molecular flexibility index (Phi) is 6.22. The maximum atomic E-state index is 10.0. The summed E-state index contributed by atoms with van der Waals surface area (Å²) in [6, 6.07) is 4.46. The lowest BCUT2D eigenvalue weighted by Crippen LogP contribution is -2.59. The highest BCUT2D eigenvalue weighted by atomic mass is 32.1. The van der Waals surface area contributed by atoms with Gasteiger partial charge in [0.25, 0.3) is 0 Å². The van der Waals surface area contributed by atoms with Gasteiger partial charge in [0.2, 0.25) is 0 Å². The molecule has 1 saturated carbocycles. The highest BCUT2D eigenvalue weighted by Gasteiger charge is 2.45. The van der Waals surface area contributed by atoms with Gasteiger partial charge in [0, 0.05) is 17.5 Å². The Hall–Kier alpha value is -0.580. The van der Waals surface area contributed by atoms with Crippen molar-refractivity contribution >= 4 is 11.3 Å². The van der Waals surface area contributed by atoms with Crippen molar-refractivity contribution in [1.82, 2.24) is 5.32 Å². The van der Waals surface area contributed by atoms with Crippen molar-refractivity contribution in [2.75, 3.05) is 6.61 Å². The Labute approximate surface area is 144 Å². The van der Waals surface area contributed by atoms with Gasteiger partial charge < -0.3 is 35.2 Å². The van der Waals surface area contributed by atoms with Crippen LogP contribution in [0.2, 0.25) is 0 Å². The Morgan fingerprint density at radius 1 is 1.21 bits per heavy atom. The monoisotopic (exact) mass is 359 g/mol. The van der Waals surface area contributed by atoms with Crippen molar-refractivity contribution in [1.29, 1.82) is 0 Å². The van der Waals surface area contributed by atoms with Gasteiger partial charge in [0.1, 0.15) is 24.4 Å². The number of nitrogens with one attached hydrogen (secondary N) is 1. The minimum Gasteiger partial charge on any atom is -0.394 e. The molecule has 0 amide bonds. The third kappa shape index (κ3) is 4.14. The van der Waals surface area contributed by atoms with Gasteiger partial charge in [0.05, 0.1) is 12.7 Å². The molecule has 0 unspecified atom stereocenters. The first-order valence-corrected chi connectivity index (χ1v) is 9.18. The van der Waals surface area contributed by atoms with Crippen LogP contribution >= 0.6 is 11.3 Å². The number of aliphatic hydroxyl groups excluding tert-OH is 4. The van der Waals surface area contributed by atoms with E-state index >= 15 is 0 Å². The summed E-state index contributed by atoms with van der Waals surface area (Å²) in [5.74, 6) is 0. The first-order chi connectivity index (χ1) is 11.6. The highest BCUT2D eigenvalue weighted by molar-refractivity contribution is 7.09. The van der Waals surface area contributed by atoms with Crippen LogP contribution in [0, 0.1) is 0 Å². The third-order valence-electron chi connectivity index (χ3n) is 4.70. The molecule has 2 heterocycles. The topological polar surface area (TPSA) is 111 Å². The van der Waals surface area contributed by atoms with Gasteiger partial charge in [-0.3, -0.25) is 0 Å². The van der Waals surface area contributed by atoms with Crippen molar-refractivity contribution in [2.24, 2.45) is 0 Å². The molecule has 7 nitrogen and oxygen atoms in total. The van der Waals surface area contributed by atoms with Gasteiger partial charge in [-0.2, -0.15) is 0 Å². The van der Waals surface area contributed by atoms with E-state index in [0.29, 0.717) is 6.04 Å². The molecule has 1 aliphatic heterocycles. The average molecular weight is 359 g/mol. The lowest BCUT2D eigenvalue weighted by molar-refractivity contribution is -0.310. The van der Waals surface area contributed by atoms with Crippen molar-refractivity contribution in [3.05, 3.63) is 22.4 Å². The molecule has 1 aliphatic carbocycles. The van der Waals surface area contributed by atoms with Gasteiger partial charge >= 0.3 is 0 Å². The summed E-state index contributed by atoms with van der Waals surface area (Å²) in [7, 11) is 0. The van der Waals surface area contributed by atoms with E-state index in [-0.39, 0.29) is 6.10 Å². The van der Waals surface area contributed by atoms with Gasteiger partial charge in [-0.1, -0.05) is 6.07 Å². The number of hydrogen-bond donors (Lipinski definition) is 5. The van der Waals surface area contributed by atoms with E-state index in [1.165, 1.54) is 4.88 Å². The van der Waals surface area contributed by atoms with Crippen LogP contribution in [-0.2, 0) is 16.0 Å². The number of thiophene rings is 1. The Morgan fingerprint density at radius 3 is 2.75 bits per heavy atom. The van der Waals surface area contributed by atoms with Crippen LogP contribution in [0.25, 0.3) is 0 Å². The van der Waals surface area contributed by atoms with Crippen LogP contribution in [0.3, 0.4) is 0 Å². The first kappa shape index (κ1) is 18.2. The van der Waals surface area contributed by atoms with E-state index in [1.807, 2.05) is 6.07 Å². The van der Waals surface area contributed by atoms with Gasteiger partial charge in [-0.25, -0.2) is 0 Å². The van der Waals surface area contributed by atoms with Gasteiger partial charge in [-0.15, -0.1) is 11.3 Å². The Morgan fingerprint density at radius 2 is 2.04 bits per heavy atom. The SMILES string of the molecule is OC[C@H]1O[C@@H](O[C@@H]2CC[C@H](NCc3cccs3)C2)[C@H](O)[C@@H](O)[C@@H]1O. The summed E-state index contributed by atoms with van der Waals surface area (Å²) in [6.07, 6.45) is -3.55. The smallest absolute Gasteiger partial charge is 0.186 e. The normalized spacial score (nSPS) is 40.1. The van der Waals surface area contributed by atoms with E-state index in [9.17, 15) is 20.4 Å². The van der Waals surface area contributed by atoms with Crippen LogP contribution in [0.1, 0.15) is 24.1 Å². The van der Waals surface area contributed by atoms with E-state index in [2.05, 4.69) is 16.8 Å². The molecule has 0 aromatic carbocycles. The molecular weight excluding hydrogens is 334 g/mol. The van der Waals surface area contributed by atoms with Crippen LogP contribution in [-0.4, -0.2) is 69.9 Å². The molecule has 1 aromatic rings. The number of ether oxygens (including phenoxy) is 2. The van der Waals surface area contributed by atoms with E-state index < -0.39 is 37.3 Å². The second kappa shape index (κ2) is 8.20. The Bertz CT molecular complexity index is 499. The first-order valence-electron chi connectivity index (χ1n) is 8.30. The molecule has 136 valence electrons. The van der Waals surface area contributed by atoms with Crippen LogP contribution in [0.4, 0.5) is 0 Å². The predicted octanol–water partition coefficient (Wildman–Crippen LogP) is -0.425. The minimum atomic E-state index is -1.39. The zero-order chi connectivity index (χ0) is 17.1. The molecular formula is C16H25NO6S. The minimum absolute atomic E-state index is 0.0905. The second-order valence-electron chi connectivity index (χ2n) is 6.43. The molecule has 0 radical (unpaired) electrons. The van der Waals surface area contributed by atoms with Crippen molar-refractivity contribution in [3.63, 3.8) is 0 Å². The zero-order valence-corrected chi connectivity index (χ0v) is 14.1. The molecule has 8 heteroatoms. The lowest BCUT2D eigenvalue weighted by Gasteiger charge is -2.40. The lowest BCUT2D eigenvalue weighted by atomic mass is 9.99. The maximum absolute atomic E-state index is 10.0. The summed E-state index contributed by atoms with van der Waals surface area (Å²) in [4.78, 5) is 1.29. The summed E-state index contributed by atoms with van der Waals surface area (Å²) in [5.41, 5.74) is 0. The zero-order valence-electron chi connectivity index (χ0n) is 13.3. The predicted molar refractivity (Wildman–Crippen MR) is 87.4 cm³/mol. The van der Waals surface area contributed by atoms with Gasteiger partial charge in [-0.05, 0) is 30.7 Å². The van der Waals surface area contributed by atoms with Crippen molar-refractivity contribution < 1.29 is 29.9 Å². The quantitative estimate of drug-likeness (QED) is 0.469. The number of rotatable bonds is 6. The van der Waals surface area contributed by atoms with Crippen molar-refractivity contribution in [3.8, 4) is 0 Å². The molecule has 24 heavy (non-hydrogen) atoms. The second-order valence-corrected chi connectivity index (χ2v) is 7.46. The fourth-order valence-electron chi connectivity index (χ4n) is 3.28. The molecule has 7 atom stereocenters. The maximum Gasteiger partial charge on any atom is 0.186 e. The summed E-state index contributed by atoms with van der Waals surface area (Å²) in [5, 5.41) is 44.4. The van der Waals surface area contributed by atoms with Crippen LogP contribution in [0.5, 0.6) is 0 Å². The fourth-order valence-corrected chi connectivity index (χ4v) is 3.93. The molecule has 5 N–H and O–H groups in total. The molecule has 0 spiro atoms. The van der Waals surface area contributed by atoms with Crippen LogP contribution in [0.15, 0.2) is 17.5 Å². The molecule has 1 aromatic heterocycles. The third-order valence-corrected chi connectivity index (χ3v) is 5.58. The summed E-state index contributed by atoms with van der Waals surface area (Å²) in [6.45, 7) is 0.384. The van der Waals surface area contributed by atoms with Gasteiger partial charge in [0.15, 0.2) is 6.29 Å². The number of aliphatic hydroxyl groups is 4.